The van der Waals surface area contributed by atoms with E-state index in [1.165, 1.54) is 6.07 Å². The molecule has 2 N–H and O–H groups in total. The first-order valence-electron chi connectivity index (χ1n) is 6.70. The van der Waals surface area contributed by atoms with Gasteiger partial charge in [0, 0.05) is 24.3 Å². The average molecular weight is 294 g/mol. The van der Waals surface area contributed by atoms with Crippen LogP contribution >= 0.6 is 0 Å². The van der Waals surface area contributed by atoms with Gasteiger partial charge in [-0.3, -0.25) is 9.78 Å². The minimum absolute atomic E-state index is 0.161. The number of carbonyl (C=O) groups excluding carboxylic acids is 1. The summed E-state index contributed by atoms with van der Waals surface area (Å²) in [5.41, 5.74) is 2.46. The predicted octanol–water partition coefficient (Wildman–Crippen LogP) is 2.53. The highest BCUT2D eigenvalue weighted by Crippen LogP contribution is 2.20. The molecule has 0 atom stereocenters. The molecule has 1 amide bonds. The van der Waals surface area contributed by atoms with E-state index < -0.39 is 0 Å². The number of nitrogens with one attached hydrogen (secondary N) is 1. The molecular weight excluding hydrogens is 280 g/mol. The molecule has 0 unspecified atom stereocenters. The van der Waals surface area contributed by atoms with Crippen molar-refractivity contribution in [1.29, 1.82) is 0 Å². The minimum atomic E-state index is -0.317. The number of amides is 1. The van der Waals surface area contributed by atoms with Crippen molar-refractivity contribution < 1.29 is 9.90 Å². The van der Waals surface area contributed by atoms with Crippen molar-refractivity contribution >= 4 is 11.6 Å². The number of aromatic hydroxyl groups is 1. The summed E-state index contributed by atoms with van der Waals surface area (Å²) in [5, 5.41) is 16.3. The van der Waals surface area contributed by atoms with Gasteiger partial charge >= 0.3 is 0 Å². The number of rotatable bonds is 3. The van der Waals surface area contributed by atoms with E-state index in [1.54, 1.807) is 53.6 Å². The lowest BCUT2D eigenvalue weighted by molar-refractivity contribution is 0.102. The lowest BCUT2D eigenvalue weighted by Gasteiger charge is -2.09. The van der Waals surface area contributed by atoms with Crippen LogP contribution in [-0.4, -0.2) is 25.8 Å². The molecule has 3 rings (SSSR count). The SMILES string of the molecule is Cc1cc(O)ccc1NC(=O)c1cc(-n2cccn2)ccn1. The van der Waals surface area contributed by atoms with Gasteiger partial charge in [-0.25, -0.2) is 4.68 Å². The van der Waals surface area contributed by atoms with E-state index in [1.807, 2.05) is 6.92 Å². The van der Waals surface area contributed by atoms with E-state index in [4.69, 9.17) is 0 Å². The van der Waals surface area contributed by atoms with Crippen LogP contribution in [-0.2, 0) is 0 Å². The molecule has 0 radical (unpaired) electrons. The molecule has 3 aromatic rings. The highest BCUT2D eigenvalue weighted by Gasteiger charge is 2.11. The number of pyridine rings is 1. The van der Waals surface area contributed by atoms with Crippen molar-refractivity contribution in [2.45, 2.75) is 6.92 Å². The molecule has 0 saturated heterocycles. The van der Waals surface area contributed by atoms with Crippen LogP contribution in [0.25, 0.3) is 5.69 Å². The summed E-state index contributed by atoms with van der Waals surface area (Å²) in [4.78, 5) is 16.4. The zero-order valence-corrected chi connectivity index (χ0v) is 11.9. The smallest absolute Gasteiger partial charge is 0.274 e. The Kier molecular flexibility index (Phi) is 3.57. The van der Waals surface area contributed by atoms with Gasteiger partial charge in [0.1, 0.15) is 11.4 Å². The van der Waals surface area contributed by atoms with E-state index in [0.29, 0.717) is 11.4 Å². The Morgan fingerprint density at radius 2 is 2.09 bits per heavy atom. The Hall–Kier alpha value is -3.15. The normalized spacial score (nSPS) is 10.4. The Bertz CT molecular complexity index is 813. The summed E-state index contributed by atoms with van der Waals surface area (Å²) < 4.78 is 1.66. The first kappa shape index (κ1) is 13.8. The van der Waals surface area contributed by atoms with Crippen LogP contribution in [0.5, 0.6) is 5.75 Å². The van der Waals surface area contributed by atoms with Crippen molar-refractivity contribution in [2.75, 3.05) is 5.32 Å². The monoisotopic (exact) mass is 294 g/mol. The number of benzene rings is 1. The van der Waals surface area contributed by atoms with Crippen molar-refractivity contribution in [3.05, 3.63) is 66.2 Å². The molecule has 110 valence electrons. The Balaban J connectivity index is 1.85. The number of carbonyl (C=O) groups is 1. The summed E-state index contributed by atoms with van der Waals surface area (Å²) in [5.74, 6) is -0.155. The third-order valence-corrected chi connectivity index (χ3v) is 3.20. The molecule has 0 aliphatic heterocycles. The van der Waals surface area contributed by atoms with Crippen LogP contribution in [0.4, 0.5) is 5.69 Å². The summed E-state index contributed by atoms with van der Waals surface area (Å²) >= 11 is 0. The first-order valence-corrected chi connectivity index (χ1v) is 6.70. The maximum Gasteiger partial charge on any atom is 0.274 e. The summed E-state index contributed by atoms with van der Waals surface area (Å²) in [6.45, 7) is 1.81. The highest BCUT2D eigenvalue weighted by molar-refractivity contribution is 6.03. The van der Waals surface area contributed by atoms with Crippen LogP contribution in [0.2, 0.25) is 0 Å². The quantitative estimate of drug-likeness (QED) is 0.727. The van der Waals surface area contributed by atoms with Gasteiger partial charge in [-0.2, -0.15) is 5.10 Å². The maximum absolute atomic E-state index is 12.3. The fourth-order valence-electron chi connectivity index (χ4n) is 2.08. The largest absolute Gasteiger partial charge is 0.508 e. The molecule has 1 aromatic carbocycles. The molecule has 2 heterocycles. The van der Waals surface area contributed by atoms with Gasteiger partial charge in [0.05, 0.1) is 5.69 Å². The molecule has 0 aliphatic carbocycles. The van der Waals surface area contributed by atoms with Crippen LogP contribution in [0.3, 0.4) is 0 Å². The van der Waals surface area contributed by atoms with Gasteiger partial charge in [0.2, 0.25) is 0 Å². The number of phenolic OH excluding ortho intramolecular Hbond substituents is 1. The predicted molar refractivity (Wildman–Crippen MR) is 82.2 cm³/mol. The summed E-state index contributed by atoms with van der Waals surface area (Å²) in [6, 6.07) is 10.0. The van der Waals surface area contributed by atoms with Gasteiger partial charge in [0.25, 0.3) is 5.91 Å². The van der Waals surface area contributed by atoms with Crippen molar-refractivity contribution in [1.82, 2.24) is 14.8 Å². The lowest BCUT2D eigenvalue weighted by atomic mass is 10.2. The molecule has 0 spiro atoms. The van der Waals surface area contributed by atoms with Crippen LogP contribution in [0.15, 0.2) is 55.0 Å². The lowest BCUT2D eigenvalue weighted by Crippen LogP contribution is -2.15. The zero-order chi connectivity index (χ0) is 15.5. The second-order valence-electron chi connectivity index (χ2n) is 4.80. The van der Waals surface area contributed by atoms with Crippen molar-refractivity contribution in [3.63, 3.8) is 0 Å². The Morgan fingerprint density at radius 3 is 2.82 bits per heavy atom. The molecule has 2 aromatic heterocycles. The van der Waals surface area contributed by atoms with Gasteiger partial charge < -0.3 is 10.4 Å². The summed E-state index contributed by atoms with van der Waals surface area (Å²) in [7, 11) is 0. The number of aromatic nitrogens is 3. The fraction of sp³-hybridized carbons (Fsp3) is 0.0625. The second-order valence-corrected chi connectivity index (χ2v) is 4.80. The van der Waals surface area contributed by atoms with E-state index >= 15 is 0 Å². The average Bonchev–Trinajstić information content (AvgIpc) is 3.04. The van der Waals surface area contributed by atoms with Crippen LogP contribution in [0, 0.1) is 6.92 Å². The molecular formula is C16H14N4O2. The first-order chi connectivity index (χ1) is 10.6. The molecule has 0 bridgehead atoms. The van der Waals surface area contributed by atoms with E-state index in [0.717, 1.165) is 11.3 Å². The zero-order valence-electron chi connectivity index (χ0n) is 11.9. The molecule has 6 heteroatoms. The van der Waals surface area contributed by atoms with Crippen molar-refractivity contribution in [3.8, 4) is 11.4 Å². The van der Waals surface area contributed by atoms with Crippen LogP contribution < -0.4 is 5.32 Å². The Morgan fingerprint density at radius 1 is 1.23 bits per heavy atom. The van der Waals surface area contributed by atoms with Crippen molar-refractivity contribution in [2.24, 2.45) is 0 Å². The fourth-order valence-corrected chi connectivity index (χ4v) is 2.08. The number of phenols is 1. The standard InChI is InChI=1S/C16H14N4O2/c1-11-9-13(21)3-4-14(11)19-16(22)15-10-12(5-7-17-15)20-8-2-6-18-20/h2-10,21H,1H3,(H,19,22). The Labute approximate surface area is 127 Å². The van der Waals surface area contributed by atoms with E-state index in [9.17, 15) is 9.90 Å². The van der Waals surface area contributed by atoms with E-state index in [2.05, 4.69) is 15.4 Å². The molecule has 0 aliphatic rings. The van der Waals surface area contributed by atoms with E-state index in [-0.39, 0.29) is 11.7 Å². The third-order valence-electron chi connectivity index (χ3n) is 3.20. The second kappa shape index (κ2) is 5.69. The topological polar surface area (TPSA) is 80.0 Å². The maximum atomic E-state index is 12.3. The highest BCUT2D eigenvalue weighted by atomic mass is 16.3. The number of hydrogen-bond acceptors (Lipinski definition) is 4. The van der Waals surface area contributed by atoms with Gasteiger partial charge in [-0.05, 0) is 48.9 Å². The van der Waals surface area contributed by atoms with Gasteiger partial charge in [-0.1, -0.05) is 0 Å². The van der Waals surface area contributed by atoms with Gasteiger partial charge in [0.15, 0.2) is 0 Å². The molecule has 6 nitrogen and oxygen atoms in total. The molecule has 0 fully saturated rings. The minimum Gasteiger partial charge on any atom is -0.508 e. The molecule has 22 heavy (non-hydrogen) atoms. The van der Waals surface area contributed by atoms with Crippen LogP contribution in [0.1, 0.15) is 16.1 Å². The number of nitrogens with zero attached hydrogens (tertiary/aromatic N) is 3. The van der Waals surface area contributed by atoms with Gasteiger partial charge in [-0.15, -0.1) is 0 Å². The number of aryl methyl sites for hydroxylation is 1. The number of hydrogen-bond donors (Lipinski definition) is 2. The molecule has 0 saturated carbocycles. The number of anilines is 1. The third kappa shape index (κ3) is 2.80. The summed E-state index contributed by atoms with van der Waals surface area (Å²) in [6.07, 6.45) is 5.02.